The Balaban J connectivity index is 0.00000225. The summed E-state index contributed by atoms with van der Waals surface area (Å²) < 4.78 is 1.92. The van der Waals surface area contributed by atoms with Gasteiger partial charge in [-0.15, -0.1) is 12.4 Å². The minimum atomic E-state index is -0.121. The van der Waals surface area contributed by atoms with Crippen LogP contribution in [0.1, 0.15) is 60.4 Å². The van der Waals surface area contributed by atoms with Gasteiger partial charge in [-0.05, 0) is 49.9 Å². The number of hydrogen-bond acceptors (Lipinski definition) is 3. The average molecular weight is 363 g/mol. The molecular weight excluding hydrogens is 336 g/mol. The lowest BCUT2D eigenvalue weighted by Crippen LogP contribution is -2.32. The van der Waals surface area contributed by atoms with E-state index in [1.165, 1.54) is 5.56 Å². The van der Waals surface area contributed by atoms with Crippen molar-refractivity contribution in [2.75, 3.05) is 13.1 Å². The van der Waals surface area contributed by atoms with Gasteiger partial charge in [-0.2, -0.15) is 5.10 Å². The van der Waals surface area contributed by atoms with Gasteiger partial charge in [0, 0.05) is 12.7 Å². The molecule has 2 aromatic rings. The van der Waals surface area contributed by atoms with Crippen molar-refractivity contribution >= 4 is 18.3 Å². The van der Waals surface area contributed by atoms with E-state index >= 15 is 0 Å². The summed E-state index contributed by atoms with van der Waals surface area (Å²) >= 11 is 0. The van der Waals surface area contributed by atoms with Crippen molar-refractivity contribution in [3.63, 3.8) is 0 Å². The van der Waals surface area contributed by atoms with Crippen LogP contribution in [-0.2, 0) is 6.42 Å². The van der Waals surface area contributed by atoms with Crippen LogP contribution in [0.2, 0.25) is 0 Å². The molecule has 1 saturated heterocycles. The first-order valence-electron chi connectivity index (χ1n) is 8.83. The highest BCUT2D eigenvalue weighted by molar-refractivity contribution is 5.92. The van der Waals surface area contributed by atoms with Crippen LogP contribution >= 0.6 is 12.4 Å². The van der Waals surface area contributed by atoms with Crippen LogP contribution in [0.5, 0.6) is 0 Å². The van der Waals surface area contributed by atoms with E-state index in [1.54, 1.807) is 6.07 Å². The molecule has 1 aliphatic heterocycles. The number of amides is 1. The molecule has 0 bridgehead atoms. The van der Waals surface area contributed by atoms with Crippen molar-refractivity contribution in [2.45, 2.75) is 45.2 Å². The predicted octanol–water partition coefficient (Wildman–Crippen LogP) is 3.28. The first-order valence-corrected chi connectivity index (χ1v) is 8.83. The van der Waals surface area contributed by atoms with Crippen molar-refractivity contribution < 1.29 is 4.79 Å². The van der Waals surface area contributed by atoms with Crippen LogP contribution in [0.15, 0.2) is 36.5 Å². The number of nitrogens with zero attached hydrogens (tertiary/aromatic N) is 2. The van der Waals surface area contributed by atoms with Crippen molar-refractivity contribution in [1.29, 1.82) is 0 Å². The minimum Gasteiger partial charge on any atom is -0.344 e. The fraction of sp³-hybridized carbons (Fsp3) is 0.474. The number of nitrogens with one attached hydrogen (secondary N) is 2. The van der Waals surface area contributed by atoms with Crippen LogP contribution in [-0.4, -0.2) is 28.8 Å². The molecule has 1 aliphatic rings. The number of benzene rings is 1. The third-order valence-electron chi connectivity index (χ3n) is 4.72. The number of carbonyl (C=O) groups is 1. The molecule has 0 saturated carbocycles. The zero-order valence-electron chi connectivity index (χ0n) is 14.9. The Kier molecular flexibility index (Phi) is 7.02. The molecule has 0 spiro atoms. The maximum atomic E-state index is 12.4. The average Bonchev–Trinajstić information content (AvgIpc) is 3.13. The van der Waals surface area contributed by atoms with Gasteiger partial charge in [0.25, 0.3) is 5.91 Å². The van der Waals surface area contributed by atoms with Crippen molar-refractivity contribution in [3.05, 3.63) is 53.3 Å². The molecule has 1 aromatic carbocycles. The number of rotatable bonds is 5. The fourth-order valence-electron chi connectivity index (χ4n) is 3.12. The maximum Gasteiger partial charge on any atom is 0.272 e. The van der Waals surface area contributed by atoms with Gasteiger partial charge in [0.1, 0.15) is 5.69 Å². The highest BCUT2D eigenvalue weighted by atomic mass is 35.5. The first kappa shape index (κ1) is 19.5. The van der Waals surface area contributed by atoms with Crippen LogP contribution < -0.4 is 10.6 Å². The molecule has 2 atom stereocenters. The molecule has 1 aromatic heterocycles. The van der Waals surface area contributed by atoms with Gasteiger partial charge in [0.05, 0.1) is 12.1 Å². The molecule has 2 heterocycles. The normalized spacial score (nSPS) is 18.2. The van der Waals surface area contributed by atoms with E-state index in [-0.39, 0.29) is 24.4 Å². The van der Waals surface area contributed by atoms with Gasteiger partial charge in [-0.3, -0.25) is 9.48 Å². The number of piperidine rings is 1. The molecule has 2 N–H and O–H groups in total. The second kappa shape index (κ2) is 9.02. The molecule has 5 nitrogen and oxygen atoms in total. The van der Waals surface area contributed by atoms with E-state index < -0.39 is 0 Å². The van der Waals surface area contributed by atoms with Gasteiger partial charge >= 0.3 is 0 Å². The standard InChI is InChI=1S/C19H26N4O.ClH/c1-3-15-6-8-16(9-7-15)14(2)21-19(24)18-10-12-23(22-18)17-5-4-11-20-13-17;/h6-10,12,14,17,20H,3-5,11,13H2,1-2H3,(H,21,24);1H. The van der Waals surface area contributed by atoms with Crippen LogP contribution in [0, 0.1) is 0 Å². The summed E-state index contributed by atoms with van der Waals surface area (Å²) in [6.07, 6.45) is 5.19. The Bertz CT molecular complexity index is 677. The number of halogens is 1. The summed E-state index contributed by atoms with van der Waals surface area (Å²) in [4.78, 5) is 12.4. The highest BCUT2D eigenvalue weighted by Crippen LogP contribution is 2.17. The monoisotopic (exact) mass is 362 g/mol. The second-order valence-corrected chi connectivity index (χ2v) is 6.47. The predicted molar refractivity (Wildman–Crippen MR) is 102 cm³/mol. The Morgan fingerprint density at radius 3 is 2.76 bits per heavy atom. The molecule has 136 valence electrons. The molecule has 3 rings (SSSR count). The van der Waals surface area contributed by atoms with E-state index in [0.29, 0.717) is 11.7 Å². The highest BCUT2D eigenvalue weighted by Gasteiger charge is 2.18. The molecule has 0 aliphatic carbocycles. The molecule has 25 heavy (non-hydrogen) atoms. The van der Waals surface area contributed by atoms with Crippen LogP contribution in [0.25, 0.3) is 0 Å². The molecule has 0 radical (unpaired) electrons. The van der Waals surface area contributed by atoms with Gasteiger partial charge in [0.15, 0.2) is 0 Å². The number of aromatic nitrogens is 2. The lowest BCUT2D eigenvalue weighted by molar-refractivity contribution is 0.0933. The summed E-state index contributed by atoms with van der Waals surface area (Å²) in [6, 6.07) is 10.5. The summed E-state index contributed by atoms with van der Waals surface area (Å²) in [5.41, 5.74) is 2.89. The lowest BCUT2D eigenvalue weighted by Gasteiger charge is -2.22. The Labute approximate surface area is 155 Å². The zero-order chi connectivity index (χ0) is 16.9. The smallest absolute Gasteiger partial charge is 0.272 e. The van der Waals surface area contributed by atoms with Crippen molar-refractivity contribution in [1.82, 2.24) is 20.4 Å². The van der Waals surface area contributed by atoms with E-state index in [4.69, 9.17) is 0 Å². The summed E-state index contributed by atoms with van der Waals surface area (Å²) in [7, 11) is 0. The maximum absolute atomic E-state index is 12.4. The Hall–Kier alpha value is -1.85. The molecule has 2 unspecified atom stereocenters. The second-order valence-electron chi connectivity index (χ2n) is 6.47. The topological polar surface area (TPSA) is 59.0 Å². The number of aryl methyl sites for hydroxylation is 1. The van der Waals surface area contributed by atoms with Crippen molar-refractivity contribution in [3.8, 4) is 0 Å². The van der Waals surface area contributed by atoms with E-state index in [1.807, 2.05) is 17.8 Å². The van der Waals surface area contributed by atoms with Gasteiger partial charge in [0.2, 0.25) is 0 Å². The third-order valence-corrected chi connectivity index (χ3v) is 4.72. The van der Waals surface area contributed by atoms with E-state index in [2.05, 4.69) is 46.9 Å². The Morgan fingerprint density at radius 2 is 2.12 bits per heavy atom. The zero-order valence-corrected chi connectivity index (χ0v) is 15.7. The summed E-state index contributed by atoms with van der Waals surface area (Å²) in [6.45, 7) is 6.13. The summed E-state index contributed by atoms with van der Waals surface area (Å²) in [5, 5.41) is 10.9. The van der Waals surface area contributed by atoms with Gasteiger partial charge < -0.3 is 10.6 Å². The third kappa shape index (κ3) is 4.83. The molecule has 1 fully saturated rings. The lowest BCUT2D eigenvalue weighted by atomic mass is 10.0. The molecule has 1 amide bonds. The van der Waals surface area contributed by atoms with Gasteiger partial charge in [-0.1, -0.05) is 31.2 Å². The summed E-state index contributed by atoms with van der Waals surface area (Å²) in [5.74, 6) is -0.121. The molecular formula is C19H27ClN4O. The minimum absolute atomic E-state index is 0. The van der Waals surface area contributed by atoms with Crippen molar-refractivity contribution in [2.24, 2.45) is 0 Å². The van der Waals surface area contributed by atoms with E-state index in [0.717, 1.165) is 37.9 Å². The van der Waals surface area contributed by atoms with E-state index in [9.17, 15) is 4.79 Å². The largest absolute Gasteiger partial charge is 0.344 e. The van der Waals surface area contributed by atoms with Crippen LogP contribution in [0.4, 0.5) is 0 Å². The first-order chi connectivity index (χ1) is 11.7. The number of carbonyl (C=O) groups excluding carboxylic acids is 1. The van der Waals surface area contributed by atoms with Crippen LogP contribution in [0.3, 0.4) is 0 Å². The fourth-order valence-corrected chi connectivity index (χ4v) is 3.12. The Morgan fingerprint density at radius 1 is 1.36 bits per heavy atom. The molecule has 6 heteroatoms. The van der Waals surface area contributed by atoms with Gasteiger partial charge in [-0.25, -0.2) is 0 Å². The number of hydrogen-bond donors (Lipinski definition) is 2. The quantitative estimate of drug-likeness (QED) is 0.858. The SMILES string of the molecule is CCc1ccc(C(C)NC(=O)c2ccn(C3CCCNC3)n2)cc1.Cl.